The summed E-state index contributed by atoms with van der Waals surface area (Å²) in [6.45, 7) is 4.78. The number of methoxy groups -OCH3 is 2. The number of carbonyl (C=O) groups excluding carboxylic acids is 2. The van der Waals surface area contributed by atoms with Gasteiger partial charge in [-0.15, -0.1) is 0 Å². The molecule has 0 aromatic carbocycles. The molecule has 0 saturated heterocycles. The number of esters is 1. The summed E-state index contributed by atoms with van der Waals surface area (Å²) in [5.74, 6) is -0.705. The van der Waals surface area contributed by atoms with Gasteiger partial charge < -0.3 is 14.4 Å². The summed E-state index contributed by atoms with van der Waals surface area (Å²) in [6, 6.07) is 0. The van der Waals surface area contributed by atoms with Crippen LogP contribution in [0.2, 0.25) is 0 Å². The molecule has 0 aromatic heterocycles. The second-order valence-corrected chi connectivity index (χ2v) is 3.70. The van der Waals surface area contributed by atoms with E-state index < -0.39 is 0 Å². The maximum atomic E-state index is 11.6. The van der Waals surface area contributed by atoms with Crippen molar-refractivity contribution in [1.82, 2.24) is 4.90 Å². The summed E-state index contributed by atoms with van der Waals surface area (Å²) in [5.41, 5.74) is 0. The highest BCUT2D eigenvalue weighted by atomic mass is 16.5. The molecule has 0 rings (SSSR count). The maximum Gasteiger partial charge on any atom is 0.310 e. The zero-order valence-electron chi connectivity index (χ0n) is 10.5. The minimum atomic E-state index is -0.308. The Morgan fingerprint density at radius 2 is 1.94 bits per heavy atom. The highest BCUT2D eigenvalue weighted by Crippen LogP contribution is 2.04. The van der Waals surface area contributed by atoms with Crippen molar-refractivity contribution >= 4 is 11.9 Å². The molecule has 0 aliphatic heterocycles. The molecular weight excluding hydrogens is 210 g/mol. The van der Waals surface area contributed by atoms with Crippen molar-refractivity contribution in [1.29, 1.82) is 0 Å². The molecule has 5 heteroatoms. The molecule has 16 heavy (non-hydrogen) atoms. The highest BCUT2D eigenvalue weighted by Gasteiger charge is 2.20. The number of carbonyl (C=O) groups is 2. The summed E-state index contributed by atoms with van der Waals surface area (Å²) in [6.07, 6.45) is 0.851. The van der Waals surface area contributed by atoms with E-state index in [0.717, 1.165) is 6.42 Å². The van der Waals surface area contributed by atoms with Gasteiger partial charge in [-0.1, -0.05) is 13.8 Å². The van der Waals surface area contributed by atoms with Gasteiger partial charge in [0.2, 0.25) is 5.91 Å². The Balaban J connectivity index is 4.31. The summed E-state index contributed by atoms with van der Waals surface area (Å²) in [7, 11) is 2.83. The van der Waals surface area contributed by atoms with E-state index in [2.05, 4.69) is 4.74 Å². The van der Waals surface area contributed by atoms with Gasteiger partial charge in [-0.05, 0) is 6.42 Å². The Hall–Kier alpha value is -1.10. The highest BCUT2D eigenvalue weighted by molar-refractivity contribution is 5.78. The Kier molecular flexibility index (Phi) is 7.54. The van der Waals surface area contributed by atoms with Gasteiger partial charge in [0.15, 0.2) is 0 Å². The van der Waals surface area contributed by atoms with Crippen LogP contribution in [0.25, 0.3) is 0 Å². The Morgan fingerprint density at radius 3 is 2.38 bits per heavy atom. The van der Waals surface area contributed by atoms with Crippen molar-refractivity contribution < 1.29 is 19.1 Å². The fourth-order valence-corrected chi connectivity index (χ4v) is 1.41. The number of amides is 1. The van der Waals surface area contributed by atoms with E-state index >= 15 is 0 Å². The predicted molar refractivity (Wildman–Crippen MR) is 59.9 cm³/mol. The van der Waals surface area contributed by atoms with Crippen LogP contribution in [0.15, 0.2) is 0 Å². The van der Waals surface area contributed by atoms with Crippen LogP contribution in [-0.2, 0) is 19.1 Å². The van der Waals surface area contributed by atoms with E-state index in [1.165, 1.54) is 14.2 Å². The van der Waals surface area contributed by atoms with Gasteiger partial charge in [0.25, 0.3) is 0 Å². The normalized spacial score (nSPS) is 12.0. The molecule has 0 aromatic rings. The van der Waals surface area contributed by atoms with Crippen LogP contribution in [0.1, 0.15) is 20.3 Å². The molecule has 1 unspecified atom stereocenters. The lowest BCUT2D eigenvalue weighted by atomic mass is 10.1. The second-order valence-electron chi connectivity index (χ2n) is 3.70. The van der Waals surface area contributed by atoms with E-state index in [4.69, 9.17) is 4.74 Å². The van der Waals surface area contributed by atoms with Crippen molar-refractivity contribution in [2.75, 3.05) is 33.9 Å². The molecule has 0 bridgehead atoms. The van der Waals surface area contributed by atoms with E-state index in [1.807, 2.05) is 6.92 Å². The molecule has 0 heterocycles. The minimum Gasteiger partial charge on any atom is -0.469 e. The molecule has 1 amide bonds. The molecule has 0 aliphatic rings. The van der Waals surface area contributed by atoms with Crippen LogP contribution >= 0.6 is 0 Å². The summed E-state index contributed by atoms with van der Waals surface area (Å²) in [5, 5.41) is 0. The molecule has 0 saturated carbocycles. The molecule has 1 atom stereocenters. The van der Waals surface area contributed by atoms with Crippen LogP contribution in [0.5, 0.6) is 0 Å². The second kappa shape index (κ2) is 8.10. The first-order valence-corrected chi connectivity index (χ1v) is 5.41. The van der Waals surface area contributed by atoms with Crippen molar-refractivity contribution in [2.24, 2.45) is 5.92 Å². The van der Waals surface area contributed by atoms with Crippen LogP contribution < -0.4 is 0 Å². The van der Waals surface area contributed by atoms with Crippen LogP contribution in [0.3, 0.4) is 0 Å². The number of hydrogen-bond donors (Lipinski definition) is 0. The monoisotopic (exact) mass is 231 g/mol. The summed E-state index contributed by atoms with van der Waals surface area (Å²) >= 11 is 0. The average molecular weight is 231 g/mol. The molecule has 5 nitrogen and oxygen atoms in total. The third kappa shape index (κ3) is 5.11. The van der Waals surface area contributed by atoms with E-state index in [0.29, 0.717) is 13.1 Å². The molecule has 94 valence electrons. The van der Waals surface area contributed by atoms with Crippen molar-refractivity contribution in [3.63, 3.8) is 0 Å². The number of rotatable bonds is 7. The van der Waals surface area contributed by atoms with Crippen LogP contribution in [0, 0.1) is 5.92 Å². The van der Waals surface area contributed by atoms with Gasteiger partial charge in [-0.2, -0.15) is 0 Å². The van der Waals surface area contributed by atoms with Crippen molar-refractivity contribution in [2.45, 2.75) is 20.3 Å². The first-order chi connectivity index (χ1) is 7.56. The quantitative estimate of drug-likeness (QED) is 0.605. The zero-order valence-corrected chi connectivity index (χ0v) is 10.5. The Labute approximate surface area is 96.7 Å². The topological polar surface area (TPSA) is 55.8 Å². The third-order valence-corrected chi connectivity index (χ3v) is 2.21. The fraction of sp³-hybridized carbons (Fsp3) is 0.818. The van der Waals surface area contributed by atoms with Gasteiger partial charge in [-0.25, -0.2) is 0 Å². The standard InChI is InChI=1S/C11H21NO4/c1-5-6-12(10(13)8-15-3)7-9(2)11(14)16-4/h9H,5-8H2,1-4H3. The van der Waals surface area contributed by atoms with Crippen LogP contribution in [0.4, 0.5) is 0 Å². The first-order valence-electron chi connectivity index (χ1n) is 5.41. The number of ether oxygens (including phenoxy) is 2. The van der Waals surface area contributed by atoms with Crippen molar-refractivity contribution in [3.8, 4) is 0 Å². The Morgan fingerprint density at radius 1 is 1.31 bits per heavy atom. The Bertz CT molecular complexity index is 230. The molecule has 0 fully saturated rings. The lowest BCUT2D eigenvalue weighted by molar-refractivity contribution is -0.147. The van der Waals surface area contributed by atoms with E-state index in [9.17, 15) is 9.59 Å². The lowest BCUT2D eigenvalue weighted by Gasteiger charge is -2.24. The minimum absolute atomic E-state index is 0.0495. The van der Waals surface area contributed by atoms with Crippen molar-refractivity contribution in [3.05, 3.63) is 0 Å². The summed E-state index contributed by atoms with van der Waals surface area (Å²) in [4.78, 5) is 24.5. The SMILES string of the molecule is CCCN(CC(C)C(=O)OC)C(=O)COC. The van der Waals surface area contributed by atoms with E-state index in [-0.39, 0.29) is 24.4 Å². The first kappa shape index (κ1) is 14.9. The number of nitrogens with zero attached hydrogens (tertiary/aromatic N) is 1. The maximum absolute atomic E-state index is 11.6. The smallest absolute Gasteiger partial charge is 0.310 e. The lowest BCUT2D eigenvalue weighted by Crippen LogP contribution is -2.39. The zero-order chi connectivity index (χ0) is 12.6. The summed E-state index contributed by atoms with van der Waals surface area (Å²) < 4.78 is 9.41. The average Bonchev–Trinajstić information content (AvgIpc) is 2.27. The predicted octanol–water partition coefficient (Wildman–Crippen LogP) is 0.680. The van der Waals surface area contributed by atoms with Gasteiger partial charge in [0.05, 0.1) is 13.0 Å². The molecule has 0 radical (unpaired) electrons. The largest absolute Gasteiger partial charge is 0.469 e. The van der Waals surface area contributed by atoms with Gasteiger partial charge >= 0.3 is 5.97 Å². The molecule has 0 spiro atoms. The molecular formula is C11H21NO4. The van der Waals surface area contributed by atoms with Gasteiger partial charge in [-0.3, -0.25) is 9.59 Å². The third-order valence-electron chi connectivity index (χ3n) is 2.21. The van der Waals surface area contributed by atoms with E-state index in [1.54, 1.807) is 11.8 Å². The van der Waals surface area contributed by atoms with Gasteiger partial charge in [0.1, 0.15) is 6.61 Å². The number of hydrogen-bond acceptors (Lipinski definition) is 4. The van der Waals surface area contributed by atoms with Crippen LogP contribution in [-0.4, -0.2) is 50.7 Å². The fourth-order valence-electron chi connectivity index (χ4n) is 1.41. The molecule has 0 N–H and O–H groups in total. The molecule has 0 aliphatic carbocycles. The van der Waals surface area contributed by atoms with Gasteiger partial charge in [0, 0.05) is 20.2 Å².